The van der Waals surface area contributed by atoms with Crippen LogP contribution < -0.4 is 0 Å². The zero-order valence-electron chi connectivity index (χ0n) is 14.0. The van der Waals surface area contributed by atoms with Gasteiger partial charge in [0, 0.05) is 12.8 Å². The number of halogens is 3. The molecule has 0 spiro atoms. The van der Waals surface area contributed by atoms with E-state index in [2.05, 4.69) is 0 Å². The largest absolute Gasteiger partial charge is 0.464 e. The average molecular weight is 380 g/mol. The van der Waals surface area contributed by atoms with E-state index in [1.54, 1.807) is 0 Å². The summed E-state index contributed by atoms with van der Waals surface area (Å²) in [7, 11) is 0. The molecule has 5 unspecified atom stereocenters. The Labute approximate surface area is 147 Å². The number of alkyl halides is 3. The molecule has 2 aliphatic heterocycles. The van der Waals surface area contributed by atoms with E-state index in [-0.39, 0.29) is 19.6 Å². The summed E-state index contributed by atoms with van der Waals surface area (Å²) in [6.07, 6.45) is -8.13. The predicted molar refractivity (Wildman–Crippen MR) is 76.6 cm³/mol. The molecule has 0 aromatic rings. The van der Waals surface area contributed by atoms with E-state index in [0.29, 0.717) is 6.42 Å². The first kappa shape index (κ1) is 18.9. The van der Waals surface area contributed by atoms with Gasteiger partial charge in [-0.25, -0.2) is 4.79 Å². The average Bonchev–Trinajstić information content (AvgIpc) is 3.09. The third-order valence-electron chi connectivity index (χ3n) is 5.12. The second kappa shape index (κ2) is 6.71. The first-order chi connectivity index (χ1) is 12.1. The molecule has 26 heavy (non-hydrogen) atoms. The van der Waals surface area contributed by atoms with Crippen LogP contribution in [0, 0.1) is 11.3 Å². The van der Waals surface area contributed by atoms with Gasteiger partial charge in [0.25, 0.3) is 0 Å². The molecule has 146 valence electrons. The smallest absolute Gasteiger partial charge is 0.405 e. The number of ether oxygens (including phenoxy) is 4. The quantitative estimate of drug-likeness (QED) is 0.528. The van der Waals surface area contributed by atoms with Crippen LogP contribution in [-0.4, -0.2) is 55.6 Å². The highest BCUT2D eigenvalue weighted by Crippen LogP contribution is 2.55. The number of carbonyl (C=O) groups is 3. The second-order valence-electron chi connectivity index (χ2n) is 6.92. The Morgan fingerprint density at radius 3 is 2.69 bits per heavy atom. The van der Waals surface area contributed by atoms with Crippen LogP contribution in [0.25, 0.3) is 0 Å². The number of fused-ring (bicyclic) bond motifs is 2. The van der Waals surface area contributed by atoms with Gasteiger partial charge in [-0.2, -0.15) is 13.2 Å². The molecule has 3 aliphatic rings. The fraction of sp³-hybridized carbons (Fsp3) is 0.812. The van der Waals surface area contributed by atoms with E-state index < -0.39 is 66.6 Å². The van der Waals surface area contributed by atoms with Gasteiger partial charge in [0.2, 0.25) is 0 Å². The second-order valence-corrected chi connectivity index (χ2v) is 6.92. The van der Waals surface area contributed by atoms with Gasteiger partial charge in [-0.3, -0.25) is 9.59 Å². The fourth-order valence-electron chi connectivity index (χ4n) is 3.44. The van der Waals surface area contributed by atoms with Crippen molar-refractivity contribution in [3.8, 4) is 0 Å². The van der Waals surface area contributed by atoms with E-state index in [1.807, 2.05) is 0 Å². The minimum atomic E-state index is -4.69. The minimum Gasteiger partial charge on any atom is -0.464 e. The Morgan fingerprint density at radius 1 is 1.35 bits per heavy atom. The van der Waals surface area contributed by atoms with Gasteiger partial charge in [-0.05, 0) is 19.8 Å². The number of rotatable bonds is 5. The molecule has 2 bridgehead atoms. The predicted octanol–water partition coefficient (Wildman–Crippen LogP) is 1.52. The van der Waals surface area contributed by atoms with E-state index in [1.165, 1.54) is 6.92 Å². The third kappa shape index (κ3) is 3.26. The molecule has 3 fully saturated rings. The lowest BCUT2D eigenvalue weighted by Gasteiger charge is -2.33. The molecule has 7 nitrogen and oxygen atoms in total. The first-order valence-corrected chi connectivity index (χ1v) is 8.40. The molecule has 0 N–H and O–H groups in total. The van der Waals surface area contributed by atoms with Crippen molar-refractivity contribution < 1.29 is 46.5 Å². The molecule has 1 aliphatic carbocycles. The normalized spacial score (nSPS) is 35.0. The molecule has 5 atom stereocenters. The standard InChI is InChI=1S/C16H19F3O7/c1-8(7-24-10-3-5-23-13(10)21)12(20)25-9-2-4-15(16(17,18)19)6-11(9)26-14(15)22/h8-11H,2-7H2,1H3. The summed E-state index contributed by atoms with van der Waals surface area (Å²) in [6, 6.07) is 0. The summed E-state index contributed by atoms with van der Waals surface area (Å²) < 4.78 is 59.8. The zero-order valence-corrected chi connectivity index (χ0v) is 14.0. The number of hydrogen-bond acceptors (Lipinski definition) is 7. The third-order valence-corrected chi connectivity index (χ3v) is 5.12. The van der Waals surface area contributed by atoms with Crippen LogP contribution in [0.15, 0.2) is 0 Å². The minimum absolute atomic E-state index is 0.0811. The van der Waals surface area contributed by atoms with Gasteiger partial charge in [-0.1, -0.05) is 0 Å². The van der Waals surface area contributed by atoms with Gasteiger partial charge in [0.15, 0.2) is 11.5 Å². The molecule has 0 radical (unpaired) electrons. The summed E-state index contributed by atoms with van der Waals surface area (Å²) in [4.78, 5) is 35.2. The Bertz CT molecular complexity index is 605. The number of esters is 3. The lowest BCUT2D eigenvalue weighted by Crippen LogP contribution is -2.46. The molecular formula is C16H19F3O7. The Kier molecular flexibility index (Phi) is 4.89. The van der Waals surface area contributed by atoms with Gasteiger partial charge in [0.05, 0.1) is 19.1 Å². The molecule has 1 saturated carbocycles. The van der Waals surface area contributed by atoms with Crippen LogP contribution in [0.2, 0.25) is 0 Å². The lowest BCUT2D eigenvalue weighted by atomic mass is 9.73. The first-order valence-electron chi connectivity index (χ1n) is 8.40. The van der Waals surface area contributed by atoms with E-state index in [4.69, 9.17) is 18.9 Å². The van der Waals surface area contributed by atoms with Gasteiger partial charge < -0.3 is 18.9 Å². The summed E-state index contributed by atoms with van der Waals surface area (Å²) in [5.41, 5.74) is -2.49. The van der Waals surface area contributed by atoms with Gasteiger partial charge in [-0.15, -0.1) is 0 Å². The molecular weight excluding hydrogens is 361 g/mol. The van der Waals surface area contributed by atoms with Crippen LogP contribution in [0.1, 0.15) is 32.6 Å². The van der Waals surface area contributed by atoms with Crippen molar-refractivity contribution in [1.82, 2.24) is 0 Å². The molecule has 0 aromatic carbocycles. The Morgan fingerprint density at radius 2 is 2.08 bits per heavy atom. The van der Waals surface area contributed by atoms with Crippen molar-refractivity contribution >= 4 is 17.9 Å². The van der Waals surface area contributed by atoms with E-state index in [9.17, 15) is 27.6 Å². The summed E-state index contributed by atoms with van der Waals surface area (Å²) in [5.74, 6) is -3.19. The van der Waals surface area contributed by atoms with Crippen LogP contribution in [0.5, 0.6) is 0 Å². The molecule has 0 aromatic heterocycles. The van der Waals surface area contributed by atoms with Crippen molar-refractivity contribution in [3.05, 3.63) is 0 Å². The number of cyclic esters (lactones) is 1. The van der Waals surface area contributed by atoms with Crippen LogP contribution in [-0.2, 0) is 33.3 Å². The van der Waals surface area contributed by atoms with Crippen molar-refractivity contribution in [1.29, 1.82) is 0 Å². The van der Waals surface area contributed by atoms with Crippen LogP contribution in [0.4, 0.5) is 13.2 Å². The maximum atomic E-state index is 13.2. The van der Waals surface area contributed by atoms with Crippen molar-refractivity contribution in [2.45, 2.75) is 57.1 Å². The van der Waals surface area contributed by atoms with Crippen molar-refractivity contribution in [3.63, 3.8) is 0 Å². The van der Waals surface area contributed by atoms with E-state index in [0.717, 1.165) is 0 Å². The van der Waals surface area contributed by atoms with Gasteiger partial charge >= 0.3 is 24.1 Å². The van der Waals surface area contributed by atoms with Crippen LogP contribution in [0.3, 0.4) is 0 Å². The molecule has 2 heterocycles. The SMILES string of the molecule is CC(COC1CCOC1=O)C(=O)OC1CCC2(C(F)(F)F)CC1OC2=O. The highest BCUT2D eigenvalue weighted by Gasteiger charge is 2.69. The summed E-state index contributed by atoms with van der Waals surface area (Å²) in [6.45, 7) is 1.70. The molecule has 2 saturated heterocycles. The maximum absolute atomic E-state index is 13.2. The highest BCUT2D eigenvalue weighted by molar-refractivity contribution is 5.81. The number of carbonyl (C=O) groups excluding carboxylic acids is 3. The zero-order chi connectivity index (χ0) is 19.1. The molecule has 0 amide bonds. The summed E-state index contributed by atoms with van der Waals surface area (Å²) >= 11 is 0. The van der Waals surface area contributed by atoms with Crippen molar-refractivity contribution in [2.75, 3.05) is 13.2 Å². The Hall–Kier alpha value is -1.84. The van der Waals surface area contributed by atoms with Crippen LogP contribution >= 0.6 is 0 Å². The summed E-state index contributed by atoms with van der Waals surface area (Å²) in [5, 5.41) is 0. The highest BCUT2D eigenvalue weighted by atomic mass is 19.4. The fourth-order valence-corrected chi connectivity index (χ4v) is 3.44. The Balaban J connectivity index is 1.53. The maximum Gasteiger partial charge on any atom is 0.405 e. The van der Waals surface area contributed by atoms with Crippen molar-refractivity contribution in [2.24, 2.45) is 11.3 Å². The monoisotopic (exact) mass is 380 g/mol. The number of hydrogen-bond donors (Lipinski definition) is 0. The van der Waals surface area contributed by atoms with E-state index >= 15 is 0 Å². The molecule has 3 rings (SSSR count). The topological polar surface area (TPSA) is 88.1 Å². The molecule has 10 heteroatoms. The van der Waals surface area contributed by atoms with Gasteiger partial charge in [0.1, 0.15) is 12.2 Å². The lowest BCUT2D eigenvalue weighted by molar-refractivity contribution is -0.227.